The van der Waals surface area contributed by atoms with Gasteiger partial charge in [0.05, 0.1) is 4.92 Å². The van der Waals surface area contributed by atoms with Crippen molar-refractivity contribution in [2.24, 2.45) is 5.92 Å². The largest absolute Gasteiger partial charge is 0.274 e. The molecule has 1 aliphatic carbocycles. The Balaban J connectivity index is 2.06. The highest BCUT2D eigenvalue weighted by Crippen LogP contribution is 2.39. The summed E-state index contributed by atoms with van der Waals surface area (Å²) in [6.07, 6.45) is 4.21. The first kappa shape index (κ1) is 12.8. The van der Waals surface area contributed by atoms with E-state index in [4.69, 9.17) is 11.6 Å². The van der Waals surface area contributed by atoms with Gasteiger partial charge in [0, 0.05) is 21.5 Å². The summed E-state index contributed by atoms with van der Waals surface area (Å²) in [5, 5.41) is 11.3. The van der Waals surface area contributed by atoms with Crippen molar-refractivity contribution in [2.45, 2.75) is 30.5 Å². The summed E-state index contributed by atoms with van der Waals surface area (Å²) in [5.74, 6) is 0.765. The minimum atomic E-state index is -0.360. The van der Waals surface area contributed by atoms with Gasteiger partial charge in [-0.15, -0.1) is 0 Å². The van der Waals surface area contributed by atoms with Crippen LogP contribution in [0.25, 0.3) is 0 Å². The zero-order chi connectivity index (χ0) is 12.4. The monoisotopic (exact) mass is 317 g/mol. The molecule has 1 aromatic carbocycles. The van der Waals surface area contributed by atoms with Crippen molar-refractivity contribution in [3.63, 3.8) is 0 Å². The minimum absolute atomic E-state index is 0.132. The molecule has 1 aliphatic rings. The lowest BCUT2D eigenvalue weighted by Gasteiger charge is -2.08. The van der Waals surface area contributed by atoms with Crippen molar-refractivity contribution in [2.75, 3.05) is 0 Å². The van der Waals surface area contributed by atoms with Gasteiger partial charge in [-0.3, -0.25) is 10.1 Å². The van der Waals surface area contributed by atoms with Gasteiger partial charge in [-0.2, -0.15) is 0 Å². The molecule has 1 fully saturated rings. The normalized spacial score (nSPS) is 16.8. The Hall–Kier alpha value is -0.610. The predicted octanol–water partition coefficient (Wildman–Crippen LogP) is 4.35. The average molecular weight is 319 g/mol. The number of hydrogen-bond acceptors (Lipinski definition) is 2. The third-order valence-corrected chi connectivity index (χ3v) is 4.51. The van der Waals surface area contributed by atoms with Crippen LogP contribution in [0.1, 0.15) is 24.8 Å². The summed E-state index contributed by atoms with van der Waals surface area (Å²) in [6.45, 7) is 0. The molecule has 0 aliphatic heterocycles. The summed E-state index contributed by atoms with van der Waals surface area (Å²) < 4.78 is 0. The first-order valence-electron chi connectivity index (χ1n) is 5.65. The molecule has 5 heteroatoms. The summed E-state index contributed by atoms with van der Waals surface area (Å²) in [7, 11) is 0. The summed E-state index contributed by atoms with van der Waals surface area (Å²) in [4.78, 5) is 11.0. The molecule has 17 heavy (non-hydrogen) atoms. The van der Waals surface area contributed by atoms with E-state index in [-0.39, 0.29) is 10.6 Å². The van der Waals surface area contributed by atoms with E-state index in [9.17, 15) is 10.1 Å². The number of nitro groups is 1. The van der Waals surface area contributed by atoms with Gasteiger partial charge in [-0.1, -0.05) is 33.6 Å². The van der Waals surface area contributed by atoms with Crippen LogP contribution < -0.4 is 0 Å². The van der Waals surface area contributed by atoms with Crippen molar-refractivity contribution >= 4 is 33.2 Å². The van der Waals surface area contributed by atoms with Crippen LogP contribution in [0.15, 0.2) is 18.2 Å². The molecular formula is C12H13BrClNO2. The van der Waals surface area contributed by atoms with Gasteiger partial charge >= 0.3 is 0 Å². The van der Waals surface area contributed by atoms with E-state index in [2.05, 4.69) is 15.9 Å². The second-order valence-corrected chi connectivity index (χ2v) is 6.03. The predicted molar refractivity (Wildman–Crippen MR) is 71.9 cm³/mol. The third-order valence-electron chi connectivity index (χ3n) is 3.07. The Bertz CT molecular complexity index is 435. The molecule has 1 aromatic rings. The summed E-state index contributed by atoms with van der Waals surface area (Å²) in [6, 6.07) is 4.90. The fraction of sp³-hybridized carbons (Fsp3) is 0.500. The Morgan fingerprint density at radius 3 is 2.82 bits per heavy atom. The van der Waals surface area contributed by atoms with Gasteiger partial charge in [0.1, 0.15) is 0 Å². The van der Waals surface area contributed by atoms with Crippen LogP contribution in [0, 0.1) is 16.0 Å². The Labute approximate surface area is 113 Å². The van der Waals surface area contributed by atoms with E-state index in [1.165, 1.54) is 18.9 Å². The van der Waals surface area contributed by atoms with Crippen molar-refractivity contribution in [3.8, 4) is 0 Å². The van der Waals surface area contributed by atoms with Crippen LogP contribution >= 0.6 is 27.5 Å². The zero-order valence-electron chi connectivity index (χ0n) is 9.23. The molecule has 92 valence electrons. The first-order chi connectivity index (χ1) is 8.08. The fourth-order valence-electron chi connectivity index (χ4n) is 1.91. The molecule has 1 atom stereocenters. The number of rotatable bonds is 5. The van der Waals surface area contributed by atoms with Crippen LogP contribution in [0.5, 0.6) is 0 Å². The van der Waals surface area contributed by atoms with Gasteiger partial charge in [-0.05, 0) is 37.7 Å². The van der Waals surface area contributed by atoms with E-state index in [0.717, 1.165) is 24.3 Å². The lowest BCUT2D eigenvalue weighted by molar-refractivity contribution is -0.385. The number of nitrogens with zero attached hydrogens (tertiary/aromatic N) is 1. The molecule has 0 heterocycles. The maximum atomic E-state index is 10.9. The molecule has 0 N–H and O–H groups in total. The van der Waals surface area contributed by atoms with Crippen molar-refractivity contribution < 1.29 is 4.92 Å². The molecule has 0 aromatic heterocycles. The van der Waals surface area contributed by atoms with Crippen molar-refractivity contribution in [1.29, 1.82) is 0 Å². The van der Waals surface area contributed by atoms with Crippen LogP contribution in [0.4, 0.5) is 5.69 Å². The van der Waals surface area contributed by atoms with E-state index in [1.807, 2.05) is 0 Å². The third kappa shape index (κ3) is 3.42. The van der Waals surface area contributed by atoms with Gasteiger partial charge in [-0.25, -0.2) is 0 Å². The minimum Gasteiger partial charge on any atom is -0.258 e. The van der Waals surface area contributed by atoms with Crippen molar-refractivity contribution in [3.05, 3.63) is 38.9 Å². The fourth-order valence-corrected chi connectivity index (χ4v) is 2.83. The molecule has 0 radical (unpaired) electrons. The lowest BCUT2D eigenvalue weighted by Crippen LogP contribution is -2.04. The molecule has 0 bridgehead atoms. The second kappa shape index (κ2) is 5.36. The van der Waals surface area contributed by atoms with E-state index in [1.54, 1.807) is 12.1 Å². The molecule has 1 unspecified atom stereocenters. The number of aryl methyl sites for hydroxylation is 1. The van der Waals surface area contributed by atoms with E-state index >= 15 is 0 Å². The van der Waals surface area contributed by atoms with Crippen LogP contribution in [0.2, 0.25) is 5.02 Å². The van der Waals surface area contributed by atoms with Gasteiger partial charge in [0.25, 0.3) is 5.69 Å². The van der Waals surface area contributed by atoms with Gasteiger partial charge in [0.2, 0.25) is 0 Å². The number of nitro benzene ring substituents is 1. The smallest absolute Gasteiger partial charge is 0.258 e. The maximum absolute atomic E-state index is 10.9. The molecule has 2 rings (SSSR count). The Morgan fingerprint density at radius 2 is 2.24 bits per heavy atom. The topological polar surface area (TPSA) is 43.1 Å². The van der Waals surface area contributed by atoms with Gasteiger partial charge in [0.15, 0.2) is 0 Å². The highest BCUT2D eigenvalue weighted by atomic mass is 79.9. The Kier molecular flexibility index (Phi) is 4.05. The van der Waals surface area contributed by atoms with Crippen LogP contribution in [0.3, 0.4) is 0 Å². The maximum Gasteiger partial charge on any atom is 0.274 e. The van der Waals surface area contributed by atoms with Crippen molar-refractivity contribution in [1.82, 2.24) is 0 Å². The molecule has 3 nitrogen and oxygen atoms in total. The lowest BCUT2D eigenvalue weighted by atomic mass is 10.0. The zero-order valence-corrected chi connectivity index (χ0v) is 11.6. The number of hydrogen-bond donors (Lipinski definition) is 0. The molecule has 1 saturated carbocycles. The van der Waals surface area contributed by atoms with E-state index in [0.29, 0.717) is 9.85 Å². The standard InChI is InChI=1S/C12H13BrClNO2/c13-11(8-1-2-8)6-4-9-3-5-10(14)7-12(9)15(16)17/h3,5,7-8,11H,1-2,4,6H2. The molecule has 0 amide bonds. The quantitative estimate of drug-likeness (QED) is 0.460. The van der Waals surface area contributed by atoms with Crippen LogP contribution in [-0.2, 0) is 6.42 Å². The number of alkyl halides is 1. The summed E-state index contributed by atoms with van der Waals surface area (Å²) >= 11 is 9.41. The van der Waals surface area contributed by atoms with Gasteiger partial charge < -0.3 is 0 Å². The van der Waals surface area contributed by atoms with Crippen LogP contribution in [-0.4, -0.2) is 9.75 Å². The number of halogens is 2. The Morgan fingerprint density at radius 1 is 1.53 bits per heavy atom. The molecule has 0 saturated heterocycles. The van der Waals surface area contributed by atoms with E-state index < -0.39 is 0 Å². The SMILES string of the molecule is O=[N+]([O-])c1cc(Cl)ccc1CCC(Br)C1CC1. The first-order valence-corrected chi connectivity index (χ1v) is 6.94. The summed E-state index contributed by atoms with van der Waals surface area (Å²) in [5.41, 5.74) is 0.900. The second-order valence-electron chi connectivity index (χ2n) is 4.42. The number of benzene rings is 1. The average Bonchev–Trinajstić information content (AvgIpc) is 3.10. The molecule has 0 spiro atoms. The highest BCUT2D eigenvalue weighted by molar-refractivity contribution is 9.09. The highest BCUT2D eigenvalue weighted by Gasteiger charge is 2.29. The molecular weight excluding hydrogens is 305 g/mol.